The summed E-state index contributed by atoms with van der Waals surface area (Å²) < 4.78 is 0. The fraction of sp³-hybridized carbons (Fsp3) is 0.277. The molecule has 0 saturated carbocycles. The van der Waals surface area contributed by atoms with Crippen molar-refractivity contribution in [1.29, 1.82) is 0 Å². The minimum atomic E-state index is -0.0512. The van der Waals surface area contributed by atoms with Crippen molar-refractivity contribution in [2.75, 3.05) is 0 Å². The lowest BCUT2D eigenvalue weighted by molar-refractivity contribution is 0.653. The minimum absolute atomic E-state index is 0.0512. The van der Waals surface area contributed by atoms with Crippen molar-refractivity contribution in [1.82, 2.24) is 0 Å². The summed E-state index contributed by atoms with van der Waals surface area (Å²) in [7, 11) is 0. The van der Waals surface area contributed by atoms with E-state index in [9.17, 15) is 0 Å². The molecule has 0 aliphatic heterocycles. The van der Waals surface area contributed by atoms with Gasteiger partial charge in [-0.2, -0.15) is 0 Å². The second-order valence-corrected chi connectivity index (χ2v) is 13.0. The molecule has 0 heteroatoms. The van der Waals surface area contributed by atoms with E-state index in [0.29, 0.717) is 6.42 Å². The van der Waals surface area contributed by atoms with Crippen molar-refractivity contribution in [2.45, 2.75) is 79.1 Å². The van der Waals surface area contributed by atoms with E-state index >= 15 is 0 Å². The standard InChI is InChI=1S/C47H54/c1-10-14-22-41(32-28-38(19-11-2)27-26-36(5)6)42-33-29-39(30-34-42)31-35-44-43-23-16-18-25-45(43)47(8,9)46(44)24-17-15-21-37(7)40(13-4)20-12-3/h2,12-18,20-27,29-30,32-34,37H,3-4,10,19,28,31,35H2,1,5-9H3/b21-15-,22-14-,24-17+,38-27+,40-20+,41-32+. The monoisotopic (exact) mass is 618 g/mol. The smallest absolute Gasteiger partial charge is 0.0302 e. The summed E-state index contributed by atoms with van der Waals surface area (Å²) in [4.78, 5) is 0. The maximum atomic E-state index is 5.67. The molecule has 1 atom stereocenters. The summed E-state index contributed by atoms with van der Waals surface area (Å²) >= 11 is 0. The van der Waals surface area contributed by atoms with Crippen molar-refractivity contribution in [3.8, 4) is 12.3 Å². The minimum Gasteiger partial charge on any atom is -0.120 e. The number of fused-ring (bicyclic) bond motifs is 1. The fourth-order valence-corrected chi connectivity index (χ4v) is 6.09. The van der Waals surface area contributed by atoms with Gasteiger partial charge in [-0.1, -0.05) is 173 Å². The molecule has 0 fully saturated rings. The van der Waals surface area contributed by atoms with Crippen LogP contribution in [0.3, 0.4) is 0 Å². The fourth-order valence-electron chi connectivity index (χ4n) is 6.09. The Hall–Kier alpha value is -4.60. The van der Waals surface area contributed by atoms with Gasteiger partial charge in [0.05, 0.1) is 0 Å². The van der Waals surface area contributed by atoms with Gasteiger partial charge in [0.25, 0.3) is 0 Å². The molecule has 0 heterocycles. The molecule has 242 valence electrons. The molecule has 0 radical (unpaired) electrons. The SMILES string of the molecule is C#CC/C(=C\C=C(C)C)C/C=C(\C=C/CC)c1ccc(CCC2=C(/C=C/C=C\C(C)/C(C=C)=C/C=C)C(C)(C)c3ccccc32)cc1. The number of rotatable bonds is 16. The number of allylic oxidation sites excluding steroid dienone is 18. The van der Waals surface area contributed by atoms with Gasteiger partial charge in [0.15, 0.2) is 0 Å². The molecule has 1 aliphatic carbocycles. The van der Waals surface area contributed by atoms with E-state index in [4.69, 9.17) is 6.42 Å². The maximum Gasteiger partial charge on any atom is 0.0302 e. The number of hydrogen-bond donors (Lipinski definition) is 0. The van der Waals surface area contributed by atoms with E-state index < -0.39 is 0 Å². The van der Waals surface area contributed by atoms with E-state index in [1.807, 2.05) is 18.2 Å². The lowest BCUT2D eigenvalue weighted by atomic mass is 9.81. The number of benzene rings is 2. The zero-order chi connectivity index (χ0) is 34.2. The largest absolute Gasteiger partial charge is 0.120 e. The van der Waals surface area contributed by atoms with Crippen LogP contribution < -0.4 is 0 Å². The Morgan fingerprint density at radius 3 is 2.36 bits per heavy atom. The number of aryl methyl sites for hydroxylation is 1. The molecule has 0 nitrogen and oxygen atoms in total. The molecule has 0 spiro atoms. The summed E-state index contributed by atoms with van der Waals surface area (Å²) in [5.74, 6) is 3.10. The zero-order valence-corrected chi connectivity index (χ0v) is 29.7. The second kappa shape index (κ2) is 18.5. The summed E-state index contributed by atoms with van der Waals surface area (Å²) in [6, 6.07) is 18.1. The Balaban J connectivity index is 1.86. The van der Waals surface area contributed by atoms with Crippen molar-refractivity contribution in [3.05, 3.63) is 179 Å². The Morgan fingerprint density at radius 2 is 1.70 bits per heavy atom. The van der Waals surface area contributed by atoms with E-state index in [1.165, 1.54) is 50.1 Å². The zero-order valence-electron chi connectivity index (χ0n) is 29.7. The Bertz CT molecular complexity index is 1670. The van der Waals surface area contributed by atoms with Crippen LogP contribution in [0.1, 0.15) is 89.5 Å². The summed E-state index contributed by atoms with van der Waals surface area (Å²) in [6.45, 7) is 21.1. The molecular formula is C47H54. The van der Waals surface area contributed by atoms with Crippen molar-refractivity contribution < 1.29 is 0 Å². The summed E-state index contributed by atoms with van der Waals surface area (Å²) in [5.41, 5.74) is 13.1. The highest BCUT2D eigenvalue weighted by molar-refractivity contribution is 5.82. The molecular weight excluding hydrogens is 565 g/mol. The third kappa shape index (κ3) is 10.5. The second-order valence-electron chi connectivity index (χ2n) is 13.0. The first-order valence-electron chi connectivity index (χ1n) is 17.0. The average molecular weight is 619 g/mol. The Labute approximate surface area is 286 Å². The summed E-state index contributed by atoms with van der Waals surface area (Å²) in [5, 5.41) is 0. The first-order chi connectivity index (χ1) is 22.7. The van der Waals surface area contributed by atoms with Crippen LogP contribution in [0.4, 0.5) is 0 Å². The third-order valence-electron chi connectivity index (χ3n) is 8.82. The first kappa shape index (κ1) is 36.9. The van der Waals surface area contributed by atoms with Crippen molar-refractivity contribution >= 4 is 11.1 Å². The molecule has 1 aliphatic rings. The molecule has 0 amide bonds. The van der Waals surface area contributed by atoms with Gasteiger partial charge < -0.3 is 0 Å². The number of hydrogen-bond acceptors (Lipinski definition) is 0. The van der Waals surface area contributed by atoms with Gasteiger partial charge in [-0.15, -0.1) is 12.3 Å². The molecule has 0 bridgehead atoms. The third-order valence-corrected chi connectivity index (χ3v) is 8.82. The van der Waals surface area contributed by atoms with E-state index in [2.05, 4.69) is 164 Å². The molecule has 0 aromatic heterocycles. The van der Waals surface area contributed by atoms with Gasteiger partial charge in [-0.05, 0) is 90.0 Å². The van der Waals surface area contributed by atoms with Crippen LogP contribution in [0.25, 0.3) is 11.1 Å². The number of terminal acetylenes is 1. The lowest BCUT2D eigenvalue weighted by Gasteiger charge is -2.22. The van der Waals surface area contributed by atoms with E-state index in [1.54, 1.807) is 0 Å². The van der Waals surface area contributed by atoms with Gasteiger partial charge in [-0.3, -0.25) is 0 Å². The molecule has 47 heavy (non-hydrogen) atoms. The highest BCUT2D eigenvalue weighted by Gasteiger charge is 2.35. The van der Waals surface area contributed by atoms with Crippen LogP contribution in [0.2, 0.25) is 0 Å². The van der Waals surface area contributed by atoms with Crippen LogP contribution in [0.5, 0.6) is 0 Å². The topological polar surface area (TPSA) is 0 Å². The quantitative estimate of drug-likeness (QED) is 0.130. The predicted molar refractivity (Wildman–Crippen MR) is 210 cm³/mol. The normalized spacial score (nSPS) is 15.7. The molecule has 0 N–H and O–H groups in total. The van der Waals surface area contributed by atoms with Crippen LogP contribution in [0.15, 0.2) is 157 Å². The predicted octanol–water partition coefficient (Wildman–Crippen LogP) is 13.1. The van der Waals surface area contributed by atoms with Crippen molar-refractivity contribution in [2.24, 2.45) is 5.92 Å². The van der Waals surface area contributed by atoms with E-state index in [0.717, 1.165) is 31.3 Å². The van der Waals surface area contributed by atoms with Gasteiger partial charge in [0.1, 0.15) is 0 Å². The first-order valence-corrected chi connectivity index (χ1v) is 17.0. The van der Waals surface area contributed by atoms with Crippen LogP contribution in [-0.4, -0.2) is 0 Å². The Kier molecular flexibility index (Phi) is 14.5. The summed E-state index contributed by atoms with van der Waals surface area (Å²) in [6.07, 6.45) is 35.9. The maximum absolute atomic E-state index is 5.67. The molecule has 1 unspecified atom stereocenters. The van der Waals surface area contributed by atoms with E-state index in [-0.39, 0.29) is 11.3 Å². The average Bonchev–Trinajstić information content (AvgIpc) is 3.28. The van der Waals surface area contributed by atoms with Gasteiger partial charge >= 0.3 is 0 Å². The van der Waals surface area contributed by atoms with Crippen molar-refractivity contribution in [3.63, 3.8) is 0 Å². The van der Waals surface area contributed by atoms with Crippen LogP contribution in [-0.2, 0) is 11.8 Å². The van der Waals surface area contributed by atoms with Crippen LogP contribution >= 0.6 is 0 Å². The molecule has 3 rings (SSSR count). The molecule has 2 aromatic rings. The van der Waals surface area contributed by atoms with Crippen LogP contribution in [0, 0.1) is 18.3 Å². The Morgan fingerprint density at radius 1 is 0.957 bits per heavy atom. The molecule has 0 saturated heterocycles. The molecule has 2 aromatic carbocycles. The highest BCUT2D eigenvalue weighted by atomic mass is 14.4. The van der Waals surface area contributed by atoms with Gasteiger partial charge in [0.2, 0.25) is 0 Å². The van der Waals surface area contributed by atoms with Gasteiger partial charge in [-0.25, -0.2) is 0 Å². The highest BCUT2D eigenvalue weighted by Crippen LogP contribution is 2.48. The lowest BCUT2D eigenvalue weighted by Crippen LogP contribution is -2.16. The van der Waals surface area contributed by atoms with Gasteiger partial charge in [0, 0.05) is 11.8 Å².